The lowest BCUT2D eigenvalue weighted by atomic mass is 10.3. The van der Waals surface area contributed by atoms with Gasteiger partial charge in [-0.2, -0.15) is 0 Å². The van der Waals surface area contributed by atoms with Crippen LogP contribution in [0.2, 0.25) is 0 Å². The van der Waals surface area contributed by atoms with Crippen molar-refractivity contribution in [3.63, 3.8) is 0 Å². The highest BCUT2D eigenvalue weighted by atomic mass is 32.1. The molecule has 3 nitrogen and oxygen atoms in total. The number of aryl methyl sites for hydroxylation is 2. The van der Waals surface area contributed by atoms with Crippen LogP contribution in [0.4, 0.5) is 0 Å². The minimum Gasteiger partial charge on any atom is -0.303 e. The highest BCUT2D eigenvalue weighted by Crippen LogP contribution is 2.19. The van der Waals surface area contributed by atoms with E-state index < -0.39 is 0 Å². The van der Waals surface area contributed by atoms with E-state index in [4.69, 9.17) is 0 Å². The van der Waals surface area contributed by atoms with Crippen LogP contribution in [0.3, 0.4) is 0 Å². The summed E-state index contributed by atoms with van der Waals surface area (Å²) < 4.78 is 0. The Morgan fingerprint density at radius 3 is 2.62 bits per heavy atom. The fourth-order valence-electron chi connectivity index (χ4n) is 1.41. The van der Waals surface area contributed by atoms with Gasteiger partial charge in [0.15, 0.2) is 0 Å². The third-order valence-corrected chi connectivity index (χ3v) is 4.31. The van der Waals surface area contributed by atoms with Crippen LogP contribution in [0.1, 0.15) is 32.7 Å². The largest absolute Gasteiger partial charge is 0.303 e. The molecule has 86 valence electrons. The second-order valence-corrected chi connectivity index (χ2v) is 6.36. The van der Waals surface area contributed by atoms with Gasteiger partial charge in [-0.05, 0) is 32.9 Å². The molecule has 2 heterocycles. The van der Waals surface area contributed by atoms with E-state index >= 15 is 0 Å². The van der Waals surface area contributed by atoms with Crippen LogP contribution in [0.5, 0.6) is 0 Å². The zero-order chi connectivity index (χ0) is 11.5. The highest BCUT2D eigenvalue weighted by molar-refractivity contribution is 7.12. The standard InChI is InChI=1S/C11H15N3S2/c1-7-4-5-10(15-7)6-12-8(2)11-14-13-9(3)16-11/h4-5,8,12H,6H2,1-3H3. The second kappa shape index (κ2) is 5.03. The average Bonchev–Trinajstić information content (AvgIpc) is 2.84. The zero-order valence-corrected chi connectivity index (χ0v) is 11.3. The van der Waals surface area contributed by atoms with E-state index in [0.717, 1.165) is 16.6 Å². The van der Waals surface area contributed by atoms with Crippen molar-refractivity contribution < 1.29 is 0 Å². The Morgan fingerprint density at radius 1 is 1.25 bits per heavy atom. The molecule has 0 fully saturated rings. The van der Waals surface area contributed by atoms with Crippen LogP contribution < -0.4 is 5.32 Å². The third kappa shape index (κ3) is 2.87. The summed E-state index contributed by atoms with van der Waals surface area (Å²) in [6.07, 6.45) is 0. The van der Waals surface area contributed by atoms with Gasteiger partial charge in [-0.3, -0.25) is 0 Å². The van der Waals surface area contributed by atoms with E-state index in [1.165, 1.54) is 9.75 Å². The van der Waals surface area contributed by atoms with Gasteiger partial charge in [-0.15, -0.1) is 32.9 Å². The summed E-state index contributed by atoms with van der Waals surface area (Å²) in [5, 5.41) is 13.7. The van der Waals surface area contributed by atoms with Gasteiger partial charge in [0.05, 0.1) is 6.04 Å². The summed E-state index contributed by atoms with van der Waals surface area (Å²) in [4.78, 5) is 2.72. The molecule has 0 aliphatic heterocycles. The van der Waals surface area contributed by atoms with Gasteiger partial charge in [-0.25, -0.2) is 0 Å². The average molecular weight is 253 g/mol. The molecule has 0 saturated heterocycles. The summed E-state index contributed by atoms with van der Waals surface area (Å²) in [7, 11) is 0. The van der Waals surface area contributed by atoms with Gasteiger partial charge < -0.3 is 5.32 Å². The monoisotopic (exact) mass is 253 g/mol. The fourth-order valence-corrected chi connectivity index (χ4v) is 2.98. The van der Waals surface area contributed by atoms with Crippen LogP contribution in [-0.2, 0) is 6.54 Å². The highest BCUT2D eigenvalue weighted by Gasteiger charge is 2.10. The Labute approximate surface area is 104 Å². The fraction of sp³-hybridized carbons (Fsp3) is 0.455. The first-order valence-electron chi connectivity index (χ1n) is 5.24. The van der Waals surface area contributed by atoms with Crippen LogP contribution in [-0.4, -0.2) is 10.2 Å². The lowest BCUT2D eigenvalue weighted by molar-refractivity contribution is 0.571. The number of hydrogen-bond acceptors (Lipinski definition) is 5. The predicted molar refractivity (Wildman–Crippen MR) is 69.0 cm³/mol. The summed E-state index contributed by atoms with van der Waals surface area (Å²) >= 11 is 3.49. The number of thiophene rings is 1. The van der Waals surface area contributed by atoms with E-state index in [9.17, 15) is 0 Å². The van der Waals surface area contributed by atoms with Crippen molar-refractivity contribution in [2.24, 2.45) is 0 Å². The molecule has 1 atom stereocenters. The zero-order valence-electron chi connectivity index (χ0n) is 9.65. The van der Waals surface area contributed by atoms with E-state index in [1.54, 1.807) is 11.3 Å². The van der Waals surface area contributed by atoms with E-state index in [0.29, 0.717) is 0 Å². The Hall–Kier alpha value is -0.780. The van der Waals surface area contributed by atoms with Crippen molar-refractivity contribution >= 4 is 22.7 Å². The van der Waals surface area contributed by atoms with E-state index in [2.05, 4.69) is 41.5 Å². The van der Waals surface area contributed by atoms with Crippen molar-refractivity contribution in [1.82, 2.24) is 15.5 Å². The quantitative estimate of drug-likeness (QED) is 0.910. The lowest BCUT2D eigenvalue weighted by Gasteiger charge is -2.08. The molecular weight excluding hydrogens is 238 g/mol. The Morgan fingerprint density at radius 2 is 2.06 bits per heavy atom. The molecule has 0 spiro atoms. The van der Waals surface area contributed by atoms with Crippen molar-refractivity contribution in [2.45, 2.75) is 33.4 Å². The molecular formula is C11H15N3S2. The first-order valence-corrected chi connectivity index (χ1v) is 6.87. The summed E-state index contributed by atoms with van der Waals surface area (Å²) in [6, 6.07) is 4.60. The van der Waals surface area contributed by atoms with Crippen LogP contribution in [0.15, 0.2) is 12.1 Å². The molecule has 0 aromatic carbocycles. The van der Waals surface area contributed by atoms with Crippen LogP contribution in [0, 0.1) is 13.8 Å². The topological polar surface area (TPSA) is 37.8 Å². The van der Waals surface area contributed by atoms with Crippen LogP contribution in [0.25, 0.3) is 0 Å². The first kappa shape index (κ1) is 11.7. The molecule has 0 bridgehead atoms. The van der Waals surface area contributed by atoms with Crippen molar-refractivity contribution in [1.29, 1.82) is 0 Å². The maximum Gasteiger partial charge on any atom is 0.134 e. The third-order valence-electron chi connectivity index (χ3n) is 2.29. The van der Waals surface area contributed by atoms with Gasteiger partial charge in [0.1, 0.15) is 10.0 Å². The summed E-state index contributed by atoms with van der Waals surface area (Å²) in [5.41, 5.74) is 0. The molecule has 1 unspecified atom stereocenters. The Bertz CT molecular complexity index is 461. The molecule has 1 N–H and O–H groups in total. The summed E-state index contributed by atoms with van der Waals surface area (Å²) in [5.74, 6) is 0. The molecule has 2 aromatic heterocycles. The molecule has 2 rings (SSSR count). The minimum absolute atomic E-state index is 0.272. The molecule has 0 aliphatic carbocycles. The molecule has 2 aromatic rings. The van der Waals surface area contributed by atoms with Gasteiger partial charge in [0.2, 0.25) is 0 Å². The van der Waals surface area contributed by atoms with Gasteiger partial charge in [-0.1, -0.05) is 0 Å². The molecule has 16 heavy (non-hydrogen) atoms. The van der Waals surface area contributed by atoms with E-state index in [1.807, 2.05) is 18.3 Å². The number of nitrogens with zero attached hydrogens (tertiary/aromatic N) is 2. The van der Waals surface area contributed by atoms with Crippen LogP contribution >= 0.6 is 22.7 Å². The van der Waals surface area contributed by atoms with Crippen molar-refractivity contribution in [3.8, 4) is 0 Å². The summed E-state index contributed by atoms with van der Waals surface area (Å²) in [6.45, 7) is 7.14. The maximum absolute atomic E-state index is 4.14. The second-order valence-electron chi connectivity index (χ2n) is 3.77. The normalized spacial score (nSPS) is 12.9. The van der Waals surface area contributed by atoms with Crippen molar-refractivity contribution in [3.05, 3.63) is 31.9 Å². The SMILES string of the molecule is Cc1ccc(CNC(C)c2nnc(C)s2)s1. The van der Waals surface area contributed by atoms with E-state index in [-0.39, 0.29) is 6.04 Å². The van der Waals surface area contributed by atoms with Gasteiger partial charge >= 0.3 is 0 Å². The maximum atomic E-state index is 4.14. The Balaban J connectivity index is 1.91. The van der Waals surface area contributed by atoms with Gasteiger partial charge in [0, 0.05) is 16.3 Å². The molecule has 0 aliphatic rings. The molecule has 0 amide bonds. The number of aromatic nitrogens is 2. The lowest BCUT2D eigenvalue weighted by Crippen LogP contribution is -2.17. The number of nitrogens with one attached hydrogen (secondary N) is 1. The smallest absolute Gasteiger partial charge is 0.134 e. The van der Waals surface area contributed by atoms with Crippen molar-refractivity contribution in [2.75, 3.05) is 0 Å². The Kier molecular flexibility index (Phi) is 3.68. The minimum atomic E-state index is 0.272. The van der Waals surface area contributed by atoms with Gasteiger partial charge in [0.25, 0.3) is 0 Å². The molecule has 0 saturated carbocycles. The number of hydrogen-bond donors (Lipinski definition) is 1. The predicted octanol–water partition coefficient (Wildman–Crippen LogP) is 3.07. The number of rotatable bonds is 4. The first-order chi connectivity index (χ1) is 7.65. The molecule has 5 heteroatoms. The molecule has 0 radical (unpaired) electrons.